The second kappa shape index (κ2) is 3.51. The molecule has 4 N–H and O–H groups in total. The van der Waals surface area contributed by atoms with Crippen LogP contribution in [0.4, 0.5) is 11.6 Å². The molecule has 14 heavy (non-hydrogen) atoms. The first-order valence-electron chi connectivity index (χ1n) is 3.91. The summed E-state index contributed by atoms with van der Waals surface area (Å²) in [6.45, 7) is 0. The molecule has 6 heteroatoms. The van der Waals surface area contributed by atoms with E-state index in [4.69, 9.17) is 5.73 Å². The number of anilines is 2. The van der Waals surface area contributed by atoms with Gasteiger partial charge in [-0.05, 0) is 11.4 Å². The van der Waals surface area contributed by atoms with Crippen molar-refractivity contribution in [1.82, 2.24) is 9.97 Å². The molecule has 0 aliphatic carbocycles. The molecular weight excluding hydrogens is 200 g/mol. The third-order valence-electron chi connectivity index (χ3n) is 1.63. The zero-order valence-electron chi connectivity index (χ0n) is 7.15. The minimum atomic E-state index is -0.243. The van der Waals surface area contributed by atoms with E-state index < -0.39 is 0 Å². The summed E-state index contributed by atoms with van der Waals surface area (Å²) in [5, 5.41) is 4.36. The molecule has 2 aromatic heterocycles. The number of amides is 1. The maximum absolute atomic E-state index is 11.6. The maximum atomic E-state index is 11.6. The highest BCUT2D eigenvalue weighted by molar-refractivity contribution is 7.12. The van der Waals surface area contributed by atoms with E-state index in [0.717, 1.165) is 0 Å². The van der Waals surface area contributed by atoms with Crippen molar-refractivity contribution in [3.05, 3.63) is 28.7 Å². The maximum Gasteiger partial charge on any atom is 0.270 e. The number of imidazole rings is 1. The monoisotopic (exact) mass is 208 g/mol. The molecule has 0 spiro atoms. The Bertz CT molecular complexity index is 434. The van der Waals surface area contributed by atoms with E-state index in [9.17, 15) is 4.79 Å². The van der Waals surface area contributed by atoms with Gasteiger partial charge in [-0.3, -0.25) is 10.1 Å². The summed E-state index contributed by atoms with van der Waals surface area (Å²) in [7, 11) is 0. The van der Waals surface area contributed by atoms with Gasteiger partial charge in [0.25, 0.3) is 5.91 Å². The van der Waals surface area contributed by atoms with Crippen molar-refractivity contribution in [2.24, 2.45) is 0 Å². The van der Waals surface area contributed by atoms with Gasteiger partial charge in [-0.15, -0.1) is 11.3 Å². The van der Waals surface area contributed by atoms with Crippen LogP contribution in [0.2, 0.25) is 0 Å². The molecule has 0 saturated heterocycles. The topological polar surface area (TPSA) is 83.8 Å². The lowest BCUT2D eigenvalue weighted by molar-refractivity contribution is 0.103. The number of aromatic amines is 1. The minimum Gasteiger partial charge on any atom is -0.397 e. The second-order valence-electron chi connectivity index (χ2n) is 2.60. The fourth-order valence-corrected chi connectivity index (χ4v) is 1.71. The van der Waals surface area contributed by atoms with Gasteiger partial charge in [0.05, 0.1) is 5.69 Å². The van der Waals surface area contributed by atoms with Crippen molar-refractivity contribution in [1.29, 1.82) is 0 Å². The number of hydrogen-bond acceptors (Lipinski definition) is 4. The van der Waals surface area contributed by atoms with Crippen LogP contribution in [0.3, 0.4) is 0 Å². The normalized spacial score (nSPS) is 10.0. The fraction of sp³-hybridized carbons (Fsp3) is 0. The lowest BCUT2D eigenvalue weighted by atomic mass is 10.4. The van der Waals surface area contributed by atoms with Crippen LogP contribution in [-0.2, 0) is 0 Å². The SMILES string of the molecule is Nc1ccsc1C(=O)Nc1ncc[nH]1. The Morgan fingerprint density at radius 1 is 1.64 bits per heavy atom. The van der Waals surface area contributed by atoms with Crippen LogP contribution in [0.15, 0.2) is 23.8 Å². The molecule has 1 amide bonds. The molecule has 0 unspecified atom stereocenters. The lowest BCUT2D eigenvalue weighted by Gasteiger charge is -1.99. The number of rotatable bonds is 2. The van der Waals surface area contributed by atoms with E-state index in [-0.39, 0.29) is 5.91 Å². The smallest absolute Gasteiger partial charge is 0.270 e. The van der Waals surface area contributed by atoms with Gasteiger partial charge in [0.15, 0.2) is 0 Å². The van der Waals surface area contributed by atoms with Crippen LogP contribution in [-0.4, -0.2) is 15.9 Å². The fourth-order valence-electron chi connectivity index (χ4n) is 1.00. The zero-order chi connectivity index (χ0) is 9.97. The molecule has 0 atom stereocenters. The van der Waals surface area contributed by atoms with Gasteiger partial charge >= 0.3 is 0 Å². The van der Waals surface area contributed by atoms with Crippen LogP contribution in [0.25, 0.3) is 0 Å². The molecule has 0 saturated carbocycles. The Hall–Kier alpha value is -1.82. The third-order valence-corrected chi connectivity index (χ3v) is 2.56. The van der Waals surface area contributed by atoms with Gasteiger partial charge in [0.2, 0.25) is 5.95 Å². The first kappa shape index (κ1) is 8.76. The summed E-state index contributed by atoms with van der Waals surface area (Å²) in [6, 6.07) is 1.70. The quantitative estimate of drug-likeness (QED) is 0.695. The average molecular weight is 208 g/mol. The number of thiophene rings is 1. The number of nitrogens with one attached hydrogen (secondary N) is 2. The van der Waals surface area contributed by atoms with Gasteiger partial charge in [-0.25, -0.2) is 4.98 Å². The standard InChI is InChI=1S/C8H8N4OS/c9-5-1-4-14-6(5)7(13)12-8-10-2-3-11-8/h1-4H,9H2,(H2,10,11,12,13). The number of hydrogen-bond donors (Lipinski definition) is 3. The van der Waals surface area contributed by atoms with Gasteiger partial charge in [-0.1, -0.05) is 0 Å². The molecule has 0 aliphatic rings. The molecule has 2 heterocycles. The van der Waals surface area contributed by atoms with Crippen LogP contribution >= 0.6 is 11.3 Å². The first-order valence-corrected chi connectivity index (χ1v) is 4.79. The molecule has 0 aromatic carbocycles. The van der Waals surface area contributed by atoms with E-state index >= 15 is 0 Å². The molecule has 5 nitrogen and oxygen atoms in total. The van der Waals surface area contributed by atoms with Crippen LogP contribution in [0.1, 0.15) is 9.67 Å². The number of carbonyl (C=O) groups excluding carboxylic acids is 1. The van der Waals surface area contributed by atoms with Gasteiger partial charge < -0.3 is 10.7 Å². The molecule has 0 fully saturated rings. The molecule has 0 bridgehead atoms. The summed E-state index contributed by atoms with van der Waals surface area (Å²) in [5.41, 5.74) is 6.07. The van der Waals surface area contributed by atoms with Crippen molar-refractivity contribution in [3.8, 4) is 0 Å². The Kier molecular flexibility index (Phi) is 2.19. The van der Waals surface area contributed by atoms with Gasteiger partial charge in [-0.2, -0.15) is 0 Å². The number of nitrogens with zero attached hydrogens (tertiary/aromatic N) is 1. The largest absolute Gasteiger partial charge is 0.397 e. The lowest BCUT2D eigenvalue weighted by Crippen LogP contribution is -2.12. The van der Waals surface area contributed by atoms with Crippen LogP contribution in [0.5, 0.6) is 0 Å². The highest BCUT2D eigenvalue weighted by atomic mass is 32.1. The van der Waals surface area contributed by atoms with Crippen molar-refractivity contribution < 1.29 is 4.79 Å². The van der Waals surface area contributed by atoms with Crippen molar-refractivity contribution >= 4 is 28.9 Å². The second-order valence-corrected chi connectivity index (χ2v) is 3.51. The number of nitrogens with two attached hydrogens (primary N) is 1. The van der Waals surface area contributed by atoms with E-state index in [1.807, 2.05) is 0 Å². The van der Waals surface area contributed by atoms with Crippen molar-refractivity contribution in [2.75, 3.05) is 11.1 Å². The highest BCUT2D eigenvalue weighted by Gasteiger charge is 2.11. The summed E-state index contributed by atoms with van der Waals surface area (Å²) in [6.07, 6.45) is 3.20. The summed E-state index contributed by atoms with van der Waals surface area (Å²) in [5.74, 6) is 0.176. The van der Waals surface area contributed by atoms with Crippen molar-refractivity contribution in [3.63, 3.8) is 0 Å². The Morgan fingerprint density at radius 2 is 2.50 bits per heavy atom. The minimum absolute atomic E-state index is 0.243. The predicted molar refractivity (Wildman–Crippen MR) is 55.3 cm³/mol. The van der Waals surface area contributed by atoms with E-state index in [1.165, 1.54) is 11.3 Å². The van der Waals surface area contributed by atoms with Crippen molar-refractivity contribution in [2.45, 2.75) is 0 Å². The molecule has 2 rings (SSSR count). The Balaban J connectivity index is 2.14. The van der Waals surface area contributed by atoms with Crippen LogP contribution < -0.4 is 11.1 Å². The molecule has 0 radical (unpaired) electrons. The number of nitrogen functional groups attached to an aromatic ring is 1. The zero-order valence-corrected chi connectivity index (χ0v) is 7.97. The predicted octanol–water partition coefficient (Wildman–Crippen LogP) is 1.31. The first-order chi connectivity index (χ1) is 6.77. The van der Waals surface area contributed by atoms with E-state index in [1.54, 1.807) is 23.8 Å². The Labute approximate surface area is 84.0 Å². The molecule has 0 aliphatic heterocycles. The van der Waals surface area contributed by atoms with Crippen LogP contribution in [0, 0.1) is 0 Å². The van der Waals surface area contributed by atoms with Gasteiger partial charge in [0, 0.05) is 12.4 Å². The molecule has 2 aromatic rings. The number of aromatic nitrogens is 2. The third kappa shape index (κ3) is 1.60. The van der Waals surface area contributed by atoms with Gasteiger partial charge in [0.1, 0.15) is 4.88 Å². The number of H-pyrrole nitrogens is 1. The molecule has 72 valence electrons. The Morgan fingerprint density at radius 3 is 3.07 bits per heavy atom. The molecular formula is C8H8N4OS. The number of carbonyl (C=O) groups is 1. The summed E-state index contributed by atoms with van der Waals surface area (Å²) >= 11 is 1.30. The highest BCUT2D eigenvalue weighted by Crippen LogP contribution is 2.19. The van der Waals surface area contributed by atoms with E-state index in [0.29, 0.717) is 16.5 Å². The summed E-state index contributed by atoms with van der Waals surface area (Å²) < 4.78 is 0. The average Bonchev–Trinajstić information content (AvgIpc) is 2.75. The summed E-state index contributed by atoms with van der Waals surface area (Å²) in [4.78, 5) is 18.7. The van der Waals surface area contributed by atoms with E-state index in [2.05, 4.69) is 15.3 Å².